The quantitative estimate of drug-likeness (QED) is 0.811. The van der Waals surface area contributed by atoms with Crippen LogP contribution in [0.2, 0.25) is 0 Å². The van der Waals surface area contributed by atoms with Gasteiger partial charge in [-0.25, -0.2) is 4.79 Å². The summed E-state index contributed by atoms with van der Waals surface area (Å²) in [4.78, 5) is 24.7. The van der Waals surface area contributed by atoms with Crippen LogP contribution in [0.5, 0.6) is 0 Å². The Kier molecular flexibility index (Phi) is 4.97. The summed E-state index contributed by atoms with van der Waals surface area (Å²) in [6.45, 7) is 7.56. The van der Waals surface area contributed by atoms with Gasteiger partial charge in [0.15, 0.2) is 0 Å². The number of ether oxygens (including phenoxy) is 2. The van der Waals surface area contributed by atoms with Gasteiger partial charge < -0.3 is 24.8 Å². The summed E-state index contributed by atoms with van der Waals surface area (Å²) in [7, 11) is 0. The molecule has 2 rings (SSSR count). The zero-order valence-electron chi connectivity index (χ0n) is 13.6. The molecule has 2 aliphatic rings. The molecule has 0 atom stereocenters. The molecule has 2 aliphatic heterocycles. The molecule has 0 aromatic carbocycles. The lowest BCUT2D eigenvalue weighted by molar-refractivity contribution is -0.141. The molecular formula is C15H26N2O5. The Hall–Kier alpha value is -1.34. The number of carboxylic acids is 1. The van der Waals surface area contributed by atoms with Crippen molar-refractivity contribution in [1.29, 1.82) is 0 Å². The van der Waals surface area contributed by atoms with E-state index in [2.05, 4.69) is 5.32 Å². The van der Waals surface area contributed by atoms with Crippen LogP contribution in [0.3, 0.4) is 0 Å². The molecule has 0 bridgehead atoms. The maximum atomic E-state index is 12.0. The zero-order chi connectivity index (χ0) is 16.4. The first-order valence-corrected chi connectivity index (χ1v) is 7.74. The molecule has 0 radical (unpaired) electrons. The van der Waals surface area contributed by atoms with Gasteiger partial charge in [0.05, 0.1) is 12.0 Å². The number of likely N-dealkylation sites (tertiary alicyclic amines) is 1. The molecule has 0 aromatic rings. The smallest absolute Gasteiger partial charge is 0.410 e. The Labute approximate surface area is 130 Å². The highest BCUT2D eigenvalue weighted by molar-refractivity contribution is 5.73. The number of hydrogen-bond donors (Lipinski definition) is 2. The number of rotatable bonds is 4. The zero-order valence-corrected chi connectivity index (χ0v) is 13.6. The molecule has 0 unspecified atom stereocenters. The van der Waals surface area contributed by atoms with Crippen molar-refractivity contribution < 1.29 is 24.2 Å². The fourth-order valence-corrected chi connectivity index (χ4v) is 2.96. The van der Waals surface area contributed by atoms with Gasteiger partial charge >= 0.3 is 12.1 Å². The van der Waals surface area contributed by atoms with Crippen LogP contribution in [-0.4, -0.2) is 65.6 Å². The summed E-state index contributed by atoms with van der Waals surface area (Å²) in [6, 6.07) is 0.244. The van der Waals surface area contributed by atoms with Gasteiger partial charge in [0, 0.05) is 32.3 Å². The highest BCUT2D eigenvalue weighted by Gasteiger charge is 2.48. The molecule has 22 heavy (non-hydrogen) atoms. The van der Waals surface area contributed by atoms with Crippen LogP contribution < -0.4 is 5.32 Å². The van der Waals surface area contributed by atoms with E-state index in [1.165, 1.54) is 0 Å². The Morgan fingerprint density at radius 3 is 2.41 bits per heavy atom. The second-order valence-electron chi connectivity index (χ2n) is 7.22. The maximum Gasteiger partial charge on any atom is 0.410 e. The van der Waals surface area contributed by atoms with E-state index in [4.69, 9.17) is 14.6 Å². The molecule has 2 N–H and O–H groups in total. The number of nitrogens with one attached hydrogen (secondary N) is 1. The lowest BCUT2D eigenvalue weighted by Gasteiger charge is -2.51. The first-order valence-electron chi connectivity index (χ1n) is 7.74. The fraction of sp³-hybridized carbons (Fsp3) is 0.867. The molecule has 2 heterocycles. The molecule has 126 valence electrons. The Balaban J connectivity index is 1.92. The van der Waals surface area contributed by atoms with E-state index in [9.17, 15) is 9.59 Å². The van der Waals surface area contributed by atoms with Crippen LogP contribution in [0.4, 0.5) is 4.79 Å². The van der Waals surface area contributed by atoms with Crippen LogP contribution >= 0.6 is 0 Å². The summed E-state index contributed by atoms with van der Waals surface area (Å²) in [5, 5.41) is 12.6. The monoisotopic (exact) mass is 314 g/mol. The predicted octanol–water partition coefficient (Wildman–Crippen LogP) is 1.22. The van der Waals surface area contributed by atoms with E-state index in [-0.39, 0.29) is 18.6 Å². The summed E-state index contributed by atoms with van der Waals surface area (Å²) in [5.74, 6) is -0.858. The SMILES string of the molecule is CC(C)(C)OC(=O)N1CC(CC(=O)O)(NC2CCOCC2)C1. The minimum atomic E-state index is -0.858. The Morgan fingerprint density at radius 1 is 1.32 bits per heavy atom. The van der Waals surface area contributed by atoms with Crippen LogP contribution in [0.1, 0.15) is 40.0 Å². The van der Waals surface area contributed by atoms with Crippen molar-refractivity contribution in [3.05, 3.63) is 0 Å². The van der Waals surface area contributed by atoms with E-state index in [1.807, 2.05) is 20.8 Å². The van der Waals surface area contributed by atoms with Gasteiger partial charge in [0.1, 0.15) is 5.60 Å². The van der Waals surface area contributed by atoms with Crippen molar-refractivity contribution in [3.63, 3.8) is 0 Å². The molecule has 0 aliphatic carbocycles. The van der Waals surface area contributed by atoms with E-state index in [0.717, 1.165) is 12.8 Å². The van der Waals surface area contributed by atoms with Gasteiger partial charge in [0.25, 0.3) is 0 Å². The second kappa shape index (κ2) is 6.42. The molecule has 0 spiro atoms. The Bertz CT molecular complexity index is 420. The van der Waals surface area contributed by atoms with Gasteiger partial charge in [-0.15, -0.1) is 0 Å². The minimum absolute atomic E-state index is 0.00363. The van der Waals surface area contributed by atoms with Crippen molar-refractivity contribution in [2.75, 3.05) is 26.3 Å². The number of carboxylic acid groups (broad SMARTS) is 1. The molecule has 0 saturated carbocycles. The molecule has 2 saturated heterocycles. The number of aliphatic carboxylic acids is 1. The van der Waals surface area contributed by atoms with E-state index < -0.39 is 17.1 Å². The third kappa shape index (κ3) is 4.58. The first kappa shape index (κ1) is 17.0. The van der Waals surface area contributed by atoms with E-state index in [1.54, 1.807) is 4.90 Å². The summed E-state index contributed by atoms with van der Waals surface area (Å²) >= 11 is 0. The van der Waals surface area contributed by atoms with Crippen LogP contribution in [0.15, 0.2) is 0 Å². The van der Waals surface area contributed by atoms with Crippen molar-refractivity contribution in [1.82, 2.24) is 10.2 Å². The van der Waals surface area contributed by atoms with Crippen LogP contribution in [0, 0.1) is 0 Å². The van der Waals surface area contributed by atoms with Crippen molar-refractivity contribution in [2.24, 2.45) is 0 Å². The second-order valence-corrected chi connectivity index (χ2v) is 7.22. The third-order valence-corrected chi connectivity index (χ3v) is 3.86. The molecule has 1 amide bonds. The summed E-state index contributed by atoms with van der Waals surface area (Å²) in [5.41, 5.74) is -1.10. The summed E-state index contributed by atoms with van der Waals surface area (Å²) in [6.07, 6.45) is 1.35. The molecule has 7 heteroatoms. The van der Waals surface area contributed by atoms with Gasteiger partial charge in [-0.05, 0) is 33.6 Å². The lowest BCUT2D eigenvalue weighted by Crippen LogP contribution is -2.73. The molecule has 0 aromatic heterocycles. The third-order valence-electron chi connectivity index (χ3n) is 3.86. The minimum Gasteiger partial charge on any atom is -0.481 e. The largest absolute Gasteiger partial charge is 0.481 e. The molecule has 7 nitrogen and oxygen atoms in total. The summed E-state index contributed by atoms with van der Waals surface area (Å²) < 4.78 is 10.6. The predicted molar refractivity (Wildman–Crippen MR) is 79.8 cm³/mol. The molecular weight excluding hydrogens is 288 g/mol. The molecule has 2 fully saturated rings. The average molecular weight is 314 g/mol. The highest BCUT2D eigenvalue weighted by Crippen LogP contribution is 2.28. The van der Waals surface area contributed by atoms with Crippen molar-refractivity contribution in [3.8, 4) is 0 Å². The highest BCUT2D eigenvalue weighted by atomic mass is 16.6. The lowest BCUT2D eigenvalue weighted by atomic mass is 9.85. The normalized spacial score (nSPS) is 22.0. The standard InChI is InChI=1S/C15H26N2O5/c1-14(2,3)22-13(20)17-9-15(10-17,8-12(18)19)16-11-4-6-21-7-5-11/h11,16H,4-10H2,1-3H3,(H,18,19). The number of amides is 1. The van der Waals surface area contributed by atoms with E-state index in [0.29, 0.717) is 26.3 Å². The topological polar surface area (TPSA) is 88.1 Å². The van der Waals surface area contributed by atoms with E-state index >= 15 is 0 Å². The van der Waals surface area contributed by atoms with Gasteiger partial charge in [-0.3, -0.25) is 4.79 Å². The van der Waals surface area contributed by atoms with Gasteiger partial charge in [-0.1, -0.05) is 0 Å². The van der Waals surface area contributed by atoms with Crippen molar-refractivity contribution >= 4 is 12.1 Å². The number of hydrogen-bond acceptors (Lipinski definition) is 5. The Morgan fingerprint density at radius 2 is 1.91 bits per heavy atom. The van der Waals surface area contributed by atoms with Gasteiger partial charge in [-0.2, -0.15) is 0 Å². The average Bonchev–Trinajstić information content (AvgIpc) is 2.33. The fourth-order valence-electron chi connectivity index (χ4n) is 2.96. The van der Waals surface area contributed by atoms with Crippen molar-refractivity contribution in [2.45, 2.75) is 57.2 Å². The number of carbonyl (C=O) groups is 2. The number of nitrogens with zero attached hydrogens (tertiary/aromatic N) is 1. The van der Waals surface area contributed by atoms with Crippen LogP contribution in [0.25, 0.3) is 0 Å². The van der Waals surface area contributed by atoms with Crippen LogP contribution in [-0.2, 0) is 14.3 Å². The number of carbonyl (C=O) groups excluding carboxylic acids is 1. The maximum absolute atomic E-state index is 12.0. The first-order chi connectivity index (χ1) is 10.2. The van der Waals surface area contributed by atoms with Gasteiger partial charge in [0.2, 0.25) is 0 Å².